The number of nitrogens with zero attached hydrogens (tertiary/aromatic N) is 1. The third-order valence-corrected chi connectivity index (χ3v) is 4.84. The van der Waals surface area contributed by atoms with Gasteiger partial charge in [-0.25, -0.2) is 0 Å². The third-order valence-electron chi connectivity index (χ3n) is 4.54. The Morgan fingerprint density at radius 3 is 2.73 bits per heavy atom. The predicted molar refractivity (Wildman–Crippen MR) is 92.2 cm³/mol. The molecule has 0 amide bonds. The fourth-order valence-corrected chi connectivity index (χ4v) is 3.93. The molecule has 0 aliphatic carbocycles. The summed E-state index contributed by atoms with van der Waals surface area (Å²) in [4.78, 5) is 2.12. The molecule has 2 bridgehead atoms. The van der Waals surface area contributed by atoms with Gasteiger partial charge in [-0.15, -0.1) is 0 Å². The molecule has 4 heteroatoms. The fourth-order valence-electron chi connectivity index (χ4n) is 3.50. The van der Waals surface area contributed by atoms with Gasteiger partial charge in [-0.2, -0.15) is 0 Å². The lowest BCUT2D eigenvalue weighted by atomic mass is 9.90. The van der Waals surface area contributed by atoms with E-state index in [0.29, 0.717) is 0 Å². The molecule has 2 atom stereocenters. The van der Waals surface area contributed by atoms with E-state index < -0.39 is 5.72 Å². The third kappa shape index (κ3) is 1.91. The number of hydrogen-bond donors (Lipinski definition) is 1. The van der Waals surface area contributed by atoms with Crippen LogP contribution in [0.5, 0.6) is 5.75 Å². The number of anilines is 1. The maximum Gasteiger partial charge on any atom is 0.188 e. The van der Waals surface area contributed by atoms with Gasteiger partial charge in [0, 0.05) is 17.7 Å². The summed E-state index contributed by atoms with van der Waals surface area (Å²) in [5, 5.41) is 4.21. The summed E-state index contributed by atoms with van der Waals surface area (Å²) in [5.41, 5.74) is 3.01. The largest absolute Gasteiger partial charge is 0.467 e. The highest BCUT2D eigenvalue weighted by molar-refractivity contribution is 7.80. The molecule has 2 aliphatic heterocycles. The number of fused-ring (bicyclic) bond motifs is 4. The molecule has 22 heavy (non-hydrogen) atoms. The molecule has 0 aromatic heterocycles. The number of rotatable bonds is 1. The van der Waals surface area contributed by atoms with Gasteiger partial charge in [0.05, 0.1) is 6.04 Å². The molecule has 0 radical (unpaired) electrons. The maximum atomic E-state index is 6.38. The van der Waals surface area contributed by atoms with Gasteiger partial charge in [0.15, 0.2) is 10.8 Å². The molecule has 112 valence electrons. The van der Waals surface area contributed by atoms with E-state index in [1.807, 2.05) is 30.3 Å². The normalized spacial score (nSPS) is 26.0. The number of hydrogen-bond acceptors (Lipinski definition) is 2. The van der Waals surface area contributed by atoms with E-state index in [4.69, 9.17) is 17.0 Å². The number of benzene rings is 2. The fraction of sp³-hybridized carbons (Fsp3) is 0.278. The minimum Gasteiger partial charge on any atom is -0.467 e. The molecule has 2 aliphatic rings. The summed E-state index contributed by atoms with van der Waals surface area (Å²) in [6.07, 6.45) is 0.860. The lowest BCUT2D eigenvalue weighted by Crippen LogP contribution is -2.65. The second-order valence-corrected chi connectivity index (χ2v) is 6.53. The van der Waals surface area contributed by atoms with Gasteiger partial charge in [-0.05, 0) is 43.8 Å². The number of thiocarbonyl (C=S) groups is 1. The first-order valence-corrected chi connectivity index (χ1v) is 7.94. The van der Waals surface area contributed by atoms with Crippen molar-refractivity contribution in [2.24, 2.45) is 0 Å². The quantitative estimate of drug-likeness (QED) is 0.807. The number of nitrogens with one attached hydrogen (secondary N) is 1. The van der Waals surface area contributed by atoms with Crippen molar-refractivity contribution < 1.29 is 4.74 Å². The molecule has 0 spiro atoms. The van der Waals surface area contributed by atoms with E-state index in [2.05, 4.69) is 42.3 Å². The Morgan fingerprint density at radius 1 is 1.18 bits per heavy atom. The van der Waals surface area contributed by atoms with E-state index in [1.165, 1.54) is 11.1 Å². The van der Waals surface area contributed by atoms with Crippen molar-refractivity contribution in [3.05, 3.63) is 59.7 Å². The minimum atomic E-state index is -0.465. The van der Waals surface area contributed by atoms with Crippen LogP contribution in [0.1, 0.15) is 30.5 Å². The van der Waals surface area contributed by atoms with Crippen LogP contribution in [0, 0.1) is 6.92 Å². The summed E-state index contributed by atoms with van der Waals surface area (Å²) in [6.45, 7) is 4.22. The second-order valence-electron chi connectivity index (χ2n) is 6.14. The predicted octanol–water partition coefficient (Wildman–Crippen LogP) is 3.93. The molecule has 0 unspecified atom stereocenters. The van der Waals surface area contributed by atoms with Crippen molar-refractivity contribution in [2.75, 3.05) is 4.90 Å². The molecule has 3 nitrogen and oxygen atoms in total. The Kier molecular flexibility index (Phi) is 2.91. The van der Waals surface area contributed by atoms with Crippen molar-refractivity contribution in [1.29, 1.82) is 0 Å². The van der Waals surface area contributed by atoms with Crippen LogP contribution in [-0.4, -0.2) is 10.8 Å². The van der Waals surface area contributed by atoms with Crippen molar-refractivity contribution in [2.45, 2.75) is 32.0 Å². The van der Waals surface area contributed by atoms with Crippen molar-refractivity contribution in [3.8, 4) is 5.75 Å². The second kappa shape index (κ2) is 4.71. The molecule has 1 fully saturated rings. The lowest BCUT2D eigenvalue weighted by Gasteiger charge is -2.52. The average Bonchev–Trinajstić information content (AvgIpc) is 2.48. The molecular formula is C18H18N2OS. The Morgan fingerprint density at radius 2 is 1.91 bits per heavy atom. The van der Waals surface area contributed by atoms with E-state index in [9.17, 15) is 0 Å². The zero-order valence-corrected chi connectivity index (χ0v) is 13.5. The van der Waals surface area contributed by atoms with Gasteiger partial charge in [-0.1, -0.05) is 36.4 Å². The Labute approximate surface area is 135 Å². The SMILES string of the molecule is Cc1ccccc1N1C(=S)N[C@H]2C[C@]1(C)Oc1ccccc12. The van der Waals surface area contributed by atoms with E-state index in [-0.39, 0.29) is 6.04 Å². The van der Waals surface area contributed by atoms with Crippen LogP contribution in [0.4, 0.5) is 5.69 Å². The van der Waals surface area contributed by atoms with Gasteiger partial charge in [0.2, 0.25) is 0 Å². The van der Waals surface area contributed by atoms with E-state index in [1.54, 1.807) is 0 Å². The summed E-state index contributed by atoms with van der Waals surface area (Å²) in [5.74, 6) is 0.940. The highest BCUT2D eigenvalue weighted by Crippen LogP contribution is 2.45. The van der Waals surface area contributed by atoms with E-state index in [0.717, 1.165) is 23.0 Å². The molecule has 4 rings (SSSR count). The topological polar surface area (TPSA) is 24.5 Å². The van der Waals surface area contributed by atoms with E-state index >= 15 is 0 Å². The van der Waals surface area contributed by atoms with Crippen LogP contribution < -0.4 is 15.0 Å². The molecule has 0 saturated carbocycles. The monoisotopic (exact) mass is 310 g/mol. The van der Waals surface area contributed by atoms with Crippen molar-refractivity contribution in [3.63, 3.8) is 0 Å². The van der Waals surface area contributed by atoms with Crippen LogP contribution >= 0.6 is 12.2 Å². The molecule has 2 heterocycles. The maximum absolute atomic E-state index is 6.38. The Hall–Kier alpha value is -2.07. The standard InChI is InChI=1S/C18H18N2OS/c1-12-7-3-5-9-15(12)20-17(22)19-14-11-18(20,2)21-16-10-6-4-8-13(14)16/h3-10,14H,11H2,1-2H3,(H,19,22)/t14-,18-/m0/s1. The molecular weight excluding hydrogens is 292 g/mol. The van der Waals surface area contributed by atoms with Crippen LogP contribution in [0.15, 0.2) is 48.5 Å². The first-order chi connectivity index (χ1) is 10.6. The van der Waals surface area contributed by atoms with Gasteiger partial charge < -0.3 is 10.1 Å². The van der Waals surface area contributed by atoms with Crippen LogP contribution in [0.3, 0.4) is 0 Å². The van der Waals surface area contributed by atoms with Crippen LogP contribution in [0.2, 0.25) is 0 Å². The van der Waals surface area contributed by atoms with Crippen LogP contribution in [0.25, 0.3) is 0 Å². The molecule has 2 aromatic carbocycles. The van der Waals surface area contributed by atoms with Gasteiger partial charge >= 0.3 is 0 Å². The van der Waals surface area contributed by atoms with Gasteiger partial charge in [0.1, 0.15) is 5.75 Å². The van der Waals surface area contributed by atoms with Gasteiger partial charge in [-0.3, -0.25) is 4.90 Å². The Bertz CT molecular complexity index is 760. The van der Waals surface area contributed by atoms with Crippen LogP contribution in [-0.2, 0) is 0 Å². The summed E-state index contributed by atoms with van der Waals surface area (Å²) in [7, 11) is 0. The molecule has 1 N–H and O–H groups in total. The highest BCUT2D eigenvalue weighted by atomic mass is 32.1. The zero-order valence-electron chi connectivity index (χ0n) is 12.7. The van der Waals surface area contributed by atoms with Crippen molar-refractivity contribution in [1.82, 2.24) is 5.32 Å². The van der Waals surface area contributed by atoms with Gasteiger partial charge in [0.25, 0.3) is 0 Å². The number of para-hydroxylation sites is 2. The summed E-state index contributed by atoms with van der Waals surface area (Å²) < 4.78 is 6.38. The lowest BCUT2D eigenvalue weighted by molar-refractivity contribution is 0.0497. The summed E-state index contributed by atoms with van der Waals surface area (Å²) >= 11 is 5.66. The molecule has 2 aromatic rings. The van der Waals surface area contributed by atoms with Crippen molar-refractivity contribution >= 4 is 23.0 Å². The zero-order chi connectivity index (χ0) is 15.3. The first-order valence-electron chi connectivity index (χ1n) is 7.53. The molecule has 1 saturated heterocycles. The number of ether oxygens (including phenoxy) is 1. The average molecular weight is 310 g/mol. The first kappa shape index (κ1) is 13.6. The minimum absolute atomic E-state index is 0.211. The Balaban J connectivity index is 1.84. The number of aryl methyl sites for hydroxylation is 1. The smallest absolute Gasteiger partial charge is 0.188 e. The summed E-state index contributed by atoms with van der Waals surface area (Å²) in [6, 6.07) is 16.7. The highest BCUT2D eigenvalue weighted by Gasteiger charge is 2.48.